The molecule has 1 aliphatic rings. The predicted molar refractivity (Wildman–Crippen MR) is 99.3 cm³/mol. The topological polar surface area (TPSA) is 212 Å². The third kappa shape index (κ3) is 5.01. The van der Waals surface area contributed by atoms with E-state index >= 15 is 0 Å². The number of aliphatic hydroxyl groups excluding tert-OH is 4. The Balaban J connectivity index is 2.40. The Labute approximate surface area is 171 Å². The van der Waals surface area contributed by atoms with Crippen molar-refractivity contribution < 1.29 is 46.2 Å². The number of anilines is 1. The number of nitrogens with one attached hydrogen (secondary N) is 2. The van der Waals surface area contributed by atoms with Crippen LogP contribution in [0.4, 0.5) is 11.4 Å². The Hall–Kier alpha value is -2.84. The van der Waals surface area contributed by atoms with Gasteiger partial charge in [-0.2, -0.15) is 0 Å². The number of carbonyl (C=O) groups excluding carboxylic acids is 1. The molecule has 1 aromatic rings. The number of nitro groups is 1. The van der Waals surface area contributed by atoms with E-state index in [1.165, 1.54) is 12.1 Å². The largest absolute Gasteiger partial charge is 0.478 e. The van der Waals surface area contributed by atoms with Crippen molar-refractivity contribution >= 4 is 23.3 Å². The molecule has 2 rings (SSSR count). The number of carboxylic acid groups (broad SMARTS) is 1. The van der Waals surface area contributed by atoms with Gasteiger partial charge < -0.3 is 40.9 Å². The molecule has 166 valence electrons. The highest BCUT2D eigenvalue weighted by molar-refractivity contribution is 5.81. The van der Waals surface area contributed by atoms with E-state index in [1.807, 2.05) is 0 Å². The molecule has 13 nitrogen and oxygen atoms in total. The van der Waals surface area contributed by atoms with Crippen molar-refractivity contribution in [2.45, 2.75) is 49.5 Å². The molecule has 6 atom stereocenters. The van der Waals surface area contributed by atoms with Gasteiger partial charge in [-0.3, -0.25) is 14.9 Å². The van der Waals surface area contributed by atoms with Gasteiger partial charge >= 0.3 is 5.97 Å². The molecule has 1 amide bonds. The lowest BCUT2D eigenvalue weighted by atomic mass is 9.87. The highest BCUT2D eigenvalue weighted by atomic mass is 16.6. The fourth-order valence-corrected chi connectivity index (χ4v) is 3.14. The van der Waals surface area contributed by atoms with Crippen LogP contribution in [0, 0.1) is 10.1 Å². The number of aliphatic hydroxyl groups is 4. The van der Waals surface area contributed by atoms with Crippen LogP contribution in [0.2, 0.25) is 0 Å². The molecular formula is C17H23N3O10. The number of amides is 1. The highest BCUT2D eigenvalue weighted by Crippen LogP contribution is 2.34. The number of hydrogen-bond acceptors (Lipinski definition) is 10. The molecule has 0 radical (unpaired) electrons. The van der Waals surface area contributed by atoms with Crippen LogP contribution in [0.15, 0.2) is 24.3 Å². The molecule has 30 heavy (non-hydrogen) atoms. The molecule has 1 fully saturated rings. The normalized spacial score (nSPS) is 28.7. The minimum atomic E-state index is -2.36. The van der Waals surface area contributed by atoms with Gasteiger partial charge in [0.25, 0.3) is 5.69 Å². The number of carbonyl (C=O) groups is 2. The summed E-state index contributed by atoms with van der Waals surface area (Å²) in [4.78, 5) is 33.9. The maximum atomic E-state index is 12.1. The highest BCUT2D eigenvalue weighted by Gasteiger charge is 2.54. The summed E-state index contributed by atoms with van der Waals surface area (Å²) in [7, 11) is 0. The molecule has 0 aromatic heterocycles. The number of ether oxygens (including phenoxy) is 1. The molecule has 0 spiro atoms. The van der Waals surface area contributed by atoms with E-state index in [9.17, 15) is 40.1 Å². The molecule has 1 unspecified atom stereocenters. The van der Waals surface area contributed by atoms with Crippen LogP contribution in [0.5, 0.6) is 0 Å². The van der Waals surface area contributed by atoms with Crippen molar-refractivity contribution in [3.63, 3.8) is 0 Å². The molecular weight excluding hydrogens is 406 g/mol. The van der Waals surface area contributed by atoms with Crippen molar-refractivity contribution in [2.24, 2.45) is 0 Å². The number of nitro benzene ring substituents is 1. The van der Waals surface area contributed by atoms with Gasteiger partial charge in [-0.1, -0.05) is 0 Å². The van der Waals surface area contributed by atoms with Crippen LogP contribution < -0.4 is 10.6 Å². The Morgan fingerprint density at radius 3 is 2.53 bits per heavy atom. The first-order valence-electron chi connectivity index (χ1n) is 9.43. The van der Waals surface area contributed by atoms with E-state index in [0.29, 0.717) is 0 Å². The SMILES string of the molecule is [2H]CC(=O)N[C@H]1[C@H]([C@H](O)[C@H](O)CO)OC(Nc2ccc([N+](=O)[O-])cc2)(C(=O)O)C[C@@H]1O. The predicted octanol–water partition coefficient (Wildman–Crippen LogP) is -1.84. The van der Waals surface area contributed by atoms with Crippen molar-refractivity contribution in [1.29, 1.82) is 0 Å². The molecule has 1 aliphatic heterocycles. The van der Waals surface area contributed by atoms with E-state index in [2.05, 4.69) is 10.6 Å². The Morgan fingerprint density at radius 2 is 2.03 bits per heavy atom. The van der Waals surface area contributed by atoms with E-state index in [1.54, 1.807) is 0 Å². The van der Waals surface area contributed by atoms with Gasteiger partial charge in [-0.25, -0.2) is 4.79 Å². The van der Waals surface area contributed by atoms with E-state index < -0.39 is 72.9 Å². The second kappa shape index (κ2) is 9.32. The number of non-ortho nitro benzene ring substituents is 1. The van der Waals surface area contributed by atoms with Crippen LogP contribution in [0.3, 0.4) is 0 Å². The molecule has 0 saturated carbocycles. The third-order valence-corrected chi connectivity index (χ3v) is 4.62. The number of nitrogens with zero attached hydrogens (tertiary/aromatic N) is 1. The lowest BCUT2D eigenvalue weighted by Gasteiger charge is -2.47. The lowest BCUT2D eigenvalue weighted by Crippen LogP contribution is -2.69. The zero-order valence-corrected chi connectivity index (χ0v) is 15.5. The zero-order chi connectivity index (χ0) is 23.3. The molecule has 1 aromatic carbocycles. The number of carboxylic acids is 1. The fourth-order valence-electron chi connectivity index (χ4n) is 3.14. The molecule has 13 heteroatoms. The molecule has 1 heterocycles. The van der Waals surface area contributed by atoms with Crippen LogP contribution in [0.1, 0.15) is 14.7 Å². The average Bonchev–Trinajstić information content (AvgIpc) is 2.74. The smallest absolute Gasteiger partial charge is 0.357 e. The number of aliphatic carboxylic acids is 1. The number of rotatable bonds is 8. The maximum absolute atomic E-state index is 12.1. The number of hydrogen-bond donors (Lipinski definition) is 7. The third-order valence-electron chi connectivity index (χ3n) is 4.62. The van der Waals surface area contributed by atoms with Gasteiger partial charge in [0.1, 0.15) is 18.3 Å². The van der Waals surface area contributed by atoms with Gasteiger partial charge in [0.05, 0.1) is 23.7 Å². The summed E-state index contributed by atoms with van der Waals surface area (Å²) in [6.07, 6.45) is -7.68. The Bertz CT molecular complexity index is 810. The maximum Gasteiger partial charge on any atom is 0.357 e. The first kappa shape index (κ1) is 21.9. The van der Waals surface area contributed by atoms with Gasteiger partial charge in [0, 0.05) is 32.5 Å². The fraction of sp³-hybridized carbons (Fsp3) is 0.529. The molecule has 7 N–H and O–H groups in total. The summed E-state index contributed by atoms with van der Waals surface area (Å²) in [5.41, 5.74) is -2.54. The second-order valence-corrected chi connectivity index (χ2v) is 6.75. The quantitative estimate of drug-likeness (QED) is 0.180. The van der Waals surface area contributed by atoms with Crippen LogP contribution in [0.25, 0.3) is 0 Å². The average molecular weight is 430 g/mol. The van der Waals surface area contributed by atoms with Crippen LogP contribution in [-0.2, 0) is 14.3 Å². The minimum absolute atomic E-state index is 0.0739. The van der Waals surface area contributed by atoms with Gasteiger partial charge in [0.2, 0.25) is 11.6 Å². The monoisotopic (exact) mass is 430 g/mol. The summed E-state index contributed by atoms with van der Waals surface area (Å²) >= 11 is 0. The lowest BCUT2D eigenvalue weighted by molar-refractivity contribution is -0.384. The minimum Gasteiger partial charge on any atom is -0.478 e. The van der Waals surface area contributed by atoms with E-state index in [-0.39, 0.29) is 11.4 Å². The molecule has 0 aliphatic carbocycles. The van der Waals surface area contributed by atoms with Gasteiger partial charge in [-0.15, -0.1) is 0 Å². The Kier molecular flexibility index (Phi) is 6.79. The standard InChI is InChI=1S/C17H23N3O10/c1-8(22)18-13-11(23)6-17(16(26)27,30-15(13)14(25)12(24)7-21)19-9-2-4-10(5-3-9)20(28)29/h2-5,11-15,19,21,23-25H,6-7H2,1H3,(H,18,22)(H,26,27)/t11-,12+,13+,14+,15+,17?/m0/s1/i1D. The first-order valence-corrected chi connectivity index (χ1v) is 8.72. The Morgan fingerprint density at radius 1 is 1.40 bits per heavy atom. The van der Waals surface area contributed by atoms with E-state index in [0.717, 1.165) is 12.1 Å². The summed E-state index contributed by atoms with van der Waals surface area (Å²) in [5.74, 6) is -2.47. The van der Waals surface area contributed by atoms with Crippen molar-refractivity contribution in [2.75, 3.05) is 11.9 Å². The van der Waals surface area contributed by atoms with Crippen LogP contribution in [-0.4, -0.2) is 85.1 Å². The molecule has 1 saturated heterocycles. The molecule has 0 bridgehead atoms. The summed E-state index contributed by atoms with van der Waals surface area (Å²) in [6.45, 7) is -1.65. The first-order chi connectivity index (χ1) is 14.5. The number of benzene rings is 1. The van der Waals surface area contributed by atoms with Crippen molar-refractivity contribution in [3.8, 4) is 0 Å². The van der Waals surface area contributed by atoms with E-state index in [4.69, 9.17) is 11.2 Å². The summed E-state index contributed by atoms with van der Waals surface area (Å²) in [6, 6.07) is 3.23. The summed E-state index contributed by atoms with van der Waals surface area (Å²) in [5, 5.41) is 65.2. The zero-order valence-electron chi connectivity index (χ0n) is 16.5. The van der Waals surface area contributed by atoms with Gasteiger partial charge in [0.15, 0.2) is 0 Å². The second-order valence-electron chi connectivity index (χ2n) is 6.75. The van der Waals surface area contributed by atoms with Crippen molar-refractivity contribution in [3.05, 3.63) is 34.4 Å². The van der Waals surface area contributed by atoms with Gasteiger partial charge in [-0.05, 0) is 12.1 Å². The summed E-state index contributed by atoms with van der Waals surface area (Å²) < 4.78 is 12.6. The van der Waals surface area contributed by atoms with Crippen molar-refractivity contribution in [1.82, 2.24) is 5.32 Å². The van der Waals surface area contributed by atoms with Crippen LogP contribution >= 0.6 is 0 Å².